The largest absolute Gasteiger partial charge is 0.377 e. The summed E-state index contributed by atoms with van der Waals surface area (Å²) < 4.78 is 7.16. The minimum atomic E-state index is 0.232. The summed E-state index contributed by atoms with van der Waals surface area (Å²) >= 11 is 1.76. The fourth-order valence-corrected chi connectivity index (χ4v) is 4.92. The summed E-state index contributed by atoms with van der Waals surface area (Å²) in [7, 11) is 0. The Hall–Kier alpha value is -0.970. The fourth-order valence-electron chi connectivity index (χ4n) is 4.13. The molecule has 1 saturated carbocycles. The predicted molar refractivity (Wildman–Crippen MR) is 86.6 cm³/mol. The van der Waals surface area contributed by atoms with Gasteiger partial charge >= 0.3 is 0 Å². The van der Waals surface area contributed by atoms with Crippen molar-refractivity contribution in [2.75, 3.05) is 6.61 Å². The van der Waals surface area contributed by atoms with Crippen LogP contribution >= 0.6 is 11.3 Å². The van der Waals surface area contributed by atoms with Crippen molar-refractivity contribution in [2.45, 2.75) is 45.4 Å². The minimum absolute atomic E-state index is 0.232. The van der Waals surface area contributed by atoms with E-state index in [1.807, 2.05) is 6.20 Å². The van der Waals surface area contributed by atoms with Gasteiger partial charge in [-0.1, -0.05) is 13.8 Å². The quantitative estimate of drug-likeness (QED) is 0.937. The zero-order valence-electron chi connectivity index (χ0n) is 12.8. The molecule has 2 aromatic rings. The van der Waals surface area contributed by atoms with Crippen LogP contribution in [0.5, 0.6) is 0 Å². The lowest BCUT2D eigenvalue weighted by Gasteiger charge is -2.55. The molecular formula is C17H22N2OS. The summed E-state index contributed by atoms with van der Waals surface area (Å²) in [4.78, 5) is 4.56. The van der Waals surface area contributed by atoms with E-state index < -0.39 is 0 Å². The molecule has 0 aromatic carbocycles. The molecule has 0 bridgehead atoms. The maximum Gasteiger partial charge on any atom is 0.0809 e. The number of thiophene rings is 1. The van der Waals surface area contributed by atoms with Gasteiger partial charge in [0.2, 0.25) is 0 Å². The average Bonchev–Trinajstić information content (AvgIpc) is 3.11. The van der Waals surface area contributed by atoms with E-state index in [0.717, 1.165) is 12.1 Å². The fraction of sp³-hybridized carbons (Fsp3) is 0.588. The molecule has 4 atom stereocenters. The first kappa shape index (κ1) is 13.7. The first-order valence-corrected chi connectivity index (χ1v) is 8.66. The van der Waals surface area contributed by atoms with Gasteiger partial charge < -0.3 is 10.1 Å². The highest BCUT2D eigenvalue weighted by molar-refractivity contribution is 7.17. The van der Waals surface area contributed by atoms with Crippen molar-refractivity contribution in [1.29, 1.82) is 0 Å². The van der Waals surface area contributed by atoms with E-state index in [-0.39, 0.29) is 5.41 Å². The number of pyridine rings is 1. The highest BCUT2D eigenvalue weighted by atomic mass is 32.1. The smallest absolute Gasteiger partial charge is 0.0809 e. The van der Waals surface area contributed by atoms with Crippen molar-refractivity contribution in [3.05, 3.63) is 29.3 Å². The van der Waals surface area contributed by atoms with E-state index in [4.69, 9.17) is 4.74 Å². The molecule has 2 aliphatic rings. The lowest BCUT2D eigenvalue weighted by Crippen LogP contribution is -2.66. The van der Waals surface area contributed by atoms with Gasteiger partial charge in [-0.3, -0.25) is 4.98 Å². The lowest BCUT2D eigenvalue weighted by molar-refractivity contribution is -0.115. The van der Waals surface area contributed by atoms with Crippen LogP contribution in [0.2, 0.25) is 0 Å². The Bertz CT molecular complexity index is 666. The lowest BCUT2D eigenvalue weighted by atomic mass is 9.57. The Morgan fingerprint density at radius 2 is 2.33 bits per heavy atom. The van der Waals surface area contributed by atoms with E-state index in [1.165, 1.54) is 16.7 Å². The second-order valence-corrected chi connectivity index (χ2v) is 7.95. The van der Waals surface area contributed by atoms with Gasteiger partial charge in [-0.15, -0.1) is 11.3 Å². The standard InChI is InChI=1S/C17H22N2OS/c1-10(11-8-14-13(18-9-11)5-7-21-14)19-15-12-4-6-20-16(12)17(15,2)3/h5,7-10,12,15-16,19H,4,6H2,1-3H3/t10-,12+,15+,16-/m0/s1. The average molecular weight is 302 g/mol. The Morgan fingerprint density at radius 3 is 3.19 bits per heavy atom. The Labute approximate surface area is 129 Å². The van der Waals surface area contributed by atoms with E-state index in [0.29, 0.717) is 24.1 Å². The number of nitrogens with zero attached hydrogens (tertiary/aromatic N) is 1. The maximum absolute atomic E-state index is 5.88. The zero-order chi connectivity index (χ0) is 14.6. The number of nitrogens with one attached hydrogen (secondary N) is 1. The number of rotatable bonds is 3. The monoisotopic (exact) mass is 302 g/mol. The molecule has 2 fully saturated rings. The van der Waals surface area contributed by atoms with Crippen molar-refractivity contribution in [3.8, 4) is 0 Å². The third-order valence-electron chi connectivity index (χ3n) is 5.35. The minimum Gasteiger partial charge on any atom is -0.377 e. The van der Waals surface area contributed by atoms with Gasteiger partial charge in [0.05, 0.1) is 16.3 Å². The number of aromatic nitrogens is 1. The third kappa shape index (κ3) is 2.04. The molecule has 21 heavy (non-hydrogen) atoms. The molecule has 0 amide bonds. The third-order valence-corrected chi connectivity index (χ3v) is 6.21. The second-order valence-electron chi connectivity index (χ2n) is 7.00. The van der Waals surface area contributed by atoms with Gasteiger partial charge in [0.1, 0.15) is 0 Å². The summed E-state index contributed by atoms with van der Waals surface area (Å²) in [5.41, 5.74) is 2.61. The molecule has 4 heteroatoms. The molecule has 1 saturated heterocycles. The van der Waals surface area contributed by atoms with Gasteiger partial charge in [0.15, 0.2) is 0 Å². The molecule has 0 unspecified atom stereocenters. The highest BCUT2D eigenvalue weighted by Gasteiger charge is 2.59. The Kier molecular flexibility index (Phi) is 3.10. The van der Waals surface area contributed by atoms with Crippen LogP contribution in [0.3, 0.4) is 0 Å². The van der Waals surface area contributed by atoms with Crippen LogP contribution in [0.25, 0.3) is 10.2 Å². The first-order chi connectivity index (χ1) is 10.1. The van der Waals surface area contributed by atoms with Gasteiger partial charge in [-0.2, -0.15) is 0 Å². The van der Waals surface area contributed by atoms with E-state index >= 15 is 0 Å². The summed E-state index contributed by atoms with van der Waals surface area (Å²) in [6, 6.07) is 5.23. The van der Waals surface area contributed by atoms with Crippen molar-refractivity contribution >= 4 is 21.6 Å². The van der Waals surface area contributed by atoms with Crippen LogP contribution in [-0.4, -0.2) is 23.7 Å². The maximum atomic E-state index is 5.88. The Balaban J connectivity index is 1.54. The van der Waals surface area contributed by atoms with Gasteiger partial charge in [-0.05, 0) is 36.4 Å². The molecule has 3 heterocycles. The number of hydrogen-bond acceptors (Lipinski definition) is 4. The van der Waals surface area contributed by atoms with Gasteiger partial charge in [-0.25, -0.2) is 0 Å². The molecule has 0 radical (unpaired) electrons. The molecule has 0 spiro atoms. The second kappa shape index (κ2) is 4.77. The molecule has 2 aromatic heterocycles. The molecule has 1 aliphatic heterocycles. The van der Waals surface area contributed by atoms with Crippen LogP contribution in [0.1, 0.15) is 38.8 Å². The summed E-state index contributed by atoms with van der Waals surface area (Å²) in [6.45, 7) is 7.82. The molecule has 3 nitrogen and oxygen atoms in total. The van der Waals surface area contributed by atoms with Crippen molar-refractivity contribution < 1.29 is 4.74 Å². The number of hydrogen-bond donors (Lipinski definition) is 1. The van der Waals surface area contributed by atoms with Crippen LogP contribution in [0.15, 0.2) is 23.7 Å². The molecule has 1 aliphatic carbocycles. The normalized spacial score (nSPS) is 31.9. The summed E-state index contributed by atoms with van der Waals surface area (Å²) in [5, 5.41) is 5.94. The SMILES string of the molecule is C[C@H](N[C@@H]1[C@H]2CCO[C@@H]2C1(C)C)c1cnc2ccsc2c1. The molecule has 112 valence electrons. The predicted octanol–water partition coefficient (Wildman–Crippen LogP) is 3.76. The first-order valence-electron chi connectivity index (χ1n) is 7.78. The van der Waals surface area contributed by atoms with E-state index in [9.17, 15) is 0 Å². The van der Waals surface area contributed by atoms with Crippen molar-refractivity contribution in [3.63, 3.8) is 0 Å². The number of ether oxygens (including phenoxy) is 1. The molecule has 1 N–H and O–H groups in total. The van der Waals surface area contributed by atoms with Crippen molar-refractivity contribution in [2.24, 2.45) is 11.3 Å². The van der Waals surface area contributed by atoms with Crippen LogP contribution in [-0.2, 0) is 4.74 Å². The van der Waals surface area contributed by atoms with Crippen LogP contribution < -0.4 is 5.32 Å². The van der Waals surface area contributed by atoms with E-state index in [1.54, 1.807) is 11.3 Å². The summed E-state index contributed by atoms with van der Waals surface area (Å²) in [6.07, 6.45) is 3.65. The molecule has 4 rings (SSSR count). The van der Waals surface area contributed by atoms with Crippen molar-refractivity contribution in [1.82, 2.24) is 10.3 Å². The Morgan fingerprint density at radius 1 is 1.48 bits per heavy atom. The van der Waals surface area contributed by atoms with Crippen LogP contribution in [0, 0.1) is 11.3 Å². The zero-order valence-corrected chi connectivity index (χ0v) is 13.6. The van der Waals surface area contributed by atoms with Gasteiger partial charge in [0.25, 0.3) is 0 Å². The topological polar surface area (TPSA) is 34.1 Å². The highest BCUT2D eigenvalue weighted by Crippen LogP contribution is 2.52. The molecular weight excluding hydrogens is 280 g/mol. The number of fused-ring (bicyclic) bond motifs is 2. The van der Waals surface area contributed by atoms with Crippen LogP contribution in [0.4, 0.5) is 0 Å². The summed E-state index contributed by atoms with van der Waals surface area (Å²) in [5.74, 6) is 0.681. The van der Waals surface area contributed by atoms with E-state index in [2.05, 4.69) is 48.6 Å². The van der Waals surface area contributed by atoms with Gasteiger partial charge in [0, 0.05) is 36.2 Å².